The Morgan fingerprint density at radius 1 is 0.967 bits per heavy atom. The summed E-state index contributed by atoms with van der Waals surface area (Å²) in [7, 11) is 1.67. The molecule has 2 amide bonds. The second kappa shape index (κ2) is 7.31. The van der Waals surface area contributed by atoms with Crippen molar-refractivity contribution in [2.45, 2.75) is 51.4 Å². The number of rotatable bonds is 3. The van der Waals surface area contributed by atoms with E-state index < -0.39 is 0 Å². The van der Waals surface area contributed by atoms with Gasteiger partial charge in [0.2, 0.25) is 0 Å². The third-order valence-electron chi connectivity index (χ3n) is 6.33. The van der Waals surface area contributed by atoms with E-state index in [4.69, 9.17) is 4.74 Å². The van der Waals surface area contributed by atoms with E-state index >= 15 is 0 Å². The van der Waals surface area contributed by atoms with Crippen molar-refractivity contribution in [2.24, 2.45) is 0 Å². The minimum absolute atomic E-state index is 0.118. The van der Waals surface area contributed by atoms with Gasteiger partial charge in [-0.25, -0.2) is 0 Å². The van der Waals surface area contributed by atoms with Crippen LogP contribution in [0.15, 0.2) is 41.3 Å². The first-order chi connectivity index (χ1) is 14.1. The Labute approximate surface area is 182 Å². The van der Waals surface area contributed by atoms with Gasteiger partial charge < -0.3 is 4.74 Å². The molecule has 30 heavy (non-hydrogen) atoms. The molecule has 0 atom stereocenters. The van der Waals surface area contributed by atoms with Crippen molar-refractivity contribution >= 4 is 29.0 Å². The predicted octanol–water partition coefficient (Wildman–Crippen LogP) is 6.04. The molecule has 2 aliphatic rings. The van der Waals surface area contributed by atoms with Crippen LogP contribution in [0.1, 0.15) is 57.2 Å². The average Bonchev–Trinajstić information content (AvgIpc) is 3.02. The first-order valence-electron chi connectivity index (χ1n) is 10.2. The molecular formula is C25H27NO3S. The van der Waals surface area contributed by atoms with Gasteiger partial charge in [0.1, 0.15) is 5.75 Å². The Balaban J connectivity index is 1.82. The van der Waals surface area contributed by atoms with Crippen LogP contribution in [0.3, 0.4) is 0 Å². The molecule has 1 aliphatic heterocycles. The lowest BCUT2D eigenvalue weighted by molar-refractivity contribution is -0.115. The highest BCUT2D eigenvalue weighted by Gasteiger charge is 2.37. The van der Waals surface area contributed by atoms with Crippen molar-refractivity contribution in [3.05, 3.63) is 58.0 Å². The molecule has 1 N–H and O–H groups in total. The lowest BCUT2D eigenvalue weighted by Gasteiger charge is -2.42. The second-order valence-corrected chi connectivity index (χ2v) is 10.4. The molecule has 2 aromatic carbocycles. The van der Waals surface area contributed by atoms with E-state index in [2.05, 4.69) is 51.2 Å². The van der Waals surface area contributed by atoms with Gasteiger partial charge in [0, 0.05) is 5.56 Å². The third kappa shape index (κ3) is 3.67. The van der Waals surface area contributed by atoms with Crippen molar-refractivity contribution in [3.63, 3.8) is 0 Å². The summed E-state index contributed by atoms with van der Waals surface area (Å²) in [4.78, 5) is 23.8. The monoisotopic (exact) mass is 421 g/mol. The highest BCUT2D eigenvalue weighted by atomic mass is 32.2. The zero-order valence-electron chi connectivity index (χ0n) is 18.1. The maximum absolute atomic E-state index is 11.9. The summed E-state index contributed by atoms with van der Waals surface area (Å²) >= 11 is 0.929. The molecule has 0 bridgehead atoms. The molecule has 156 valence electrons. The first-order valence-corrected chi connectivity index (χ1v) is 11.0. The highest BCUT2D eigenvalue weighted by Crippen LogP contribution is 2.47. The summed E-state index contributed by atoms with van der Waals surface area (Å²) in [5, 5.41) is 1.97. The molecule has 4 nitrogen and oxygen atoms in total. The smallest absolute Gasteiger partial charge is 0.290 e. The number of carbonyl (C=O) groups is 2. The lowest BCUT2D eigenvalue weighted by Crippen LogP contribution is -2.33. The van der Waals surface area contributed by atoms with Crippen LogP contribution in [0.5, 0.6) is 5.75 Å². The number of thioether (sulfide) groups is 1. The minimum atomic E-state index is -0.347. The Hall–Kier alpha value is -2.53. The molecule has 2 aromatic rings. The van der Waals surface area contributed by atoms with Gasteiger partial charge in [-0.05, 0) is 75.9 Å². The summed E-state index contributed by atoms with van der Waals surface area (Å²) in [6, 6.07) is 12.6. The van der Waals surface area contributed by atoms with Crippen molar-refractivity contribution < 1.29 is 14.3 Å². The molecule has 0 unspecified atom stereocenters. The van der Waals surface area contributed by atoms with E-state index in [9.17, 15) is 9.59 Å². The van der Waals surface area contributed by atoms with Crippen LogP contribution < -0.4 is 10.1 Å². The minimum Gasteiger partial charge on any atom is -0.496 e. The number of hydrogen-bond donors (Lipinski definition) is 1. The first kappa shape index (κ1) is 20.7. The van der Waals surface area contributed by atoms with Crippen LogP contribution >= 0.6 is 11.8 Å². The van der Waals surface area contributed by atoms with Gasteiger partial charge in [-0.1, -0.05) is 52.0 Å². The summed E-state index contributed by atoms with van der Waals surface area (Å²) < 4.78 is 5.64. The van der Waals surface area contributed by atoms with E-state index in [1.165, 1.54) is 17.5 Å². The van der Waals surface area contributed by atoms with Crippen LogP contribution in [0.2, 0.25) is 0 Å². The number of methoxy groups -OCH3 is 1. The summed E-state index contributed by atoms with van der Waals surface area (Å²) in [6.07, 6.45) is 4.08. The molecule has 4 rings (SSSR count). The van der Waals surface area contributed by atoms with Gasteiger partial charge in [0.25, 0.3) is 11.1 Å². The van der Waals surface area contributed by atoms with Gasteiger partial charge in [0.05, 0.1) is 12.0 Å². The van der Waals surface area contributed by atoms with Crippen LogP contribution in [-0.2, 0) is 15.6 Å². The fourth-order valence-electron chi connectivity index (χ4n) is 4.37. The number of nitrogens with one attached hydrogen (secondary N) is 1. The molecule has 1 saturated heterocycles. The summed E-state index contributed by atoms with van der Waals surface area (Å²) in [5.41, 5.74) is 6.01. The van der Waals surface area contributed by atoms with E-state index in [1.54, 1.807) is 13.2 Å². The number of hydrogen-bond acceptors (Lipinski definition) is 4. The zero-order chi connectivity index (χ0) is 21.7. The van der Waals surface area contributed by atoms with Gasteiger partial charge in [-0.2, -0.15) is 0 Å². The quantitative estimate of drug-likeness (QED) is 0.614. The fourth-order valence-corrected chi connectivity index (χ4v) is 5.05. The Morgan fingerprint density at radius 3 is 2.30 bits per heavy atom. The normalized spacial score (nSPS) is 20.8. The fraction of sp³-hybridized carbons (Fsp3) is 0.360. The van der Waals surface area contributed by atoms with Crippen LogP contribution in [0, 0.1) is 0 Å². The van der Waals surface area contributed by atoms with Crippen LogP contribution in [0.4, 0.5) is 4.79 Å². The molecule has 0 aromatic heterocycles. The van der Waals surface area contributed by atoms with E-state index in [1.807, 2.05) is 18.2 Å². The molecular weight excluding hydrogens is 394 g/mol. The maximum Gasteiger partial charge on any atom is 0.290 e. The number of benzene rings is 2. The molecule has 5 heteroatoms. The molecule has 1 aliphatic carbocycles. The average molecular weight is 422 g/mol. The number of amides is 2. The SMILES string of the molecule is COc1ccc(/C=C2\SC(=O)NC2=O)cc1-c1ccc2c(c1)C(C)(C)CCC2(C)C. The van der Waals surface area contributed by atoms with Crippen molar-refractivity contribution in [3.8, 4) is 16.9 Å². The standard InChI is InChI=1S/C25H27NO3S/c1-24(2)10-11-25(3,4)19-14-16(7-8-18(19)24)17-12-15(6-9-20(17)29-5)13-21-22(27)26-23(28)30-21/h6-9,12-14H,10-11H2,1-5H3,(H,26,27,28)/b21-13-. The van der Waals surface area contributed by atoms with Gasteiger partial charge in [0.15, 0.2) is 0 Å². The molecule has 0 saturated carbocycles. The van der Waals surface area contributed by atoms with Gasteiger partial charge in [-0.15, -0.1) is 0 Å². The van der Waals surface area contributed by atoms with Gasteiger partial charge >= 0.3 is 0 Å². The van der Waals surface area contributed by atoms with E-state index in [-0.39, 0.29) is 22.0 Å². The Morgan fingerprint density at radius 2 is 1.67 bits per heavy atom. The second-order valence-electron chi connectivity index (χ2n) is 9.34. The van der Waals surface area contributed by atoms with Crippen molar-refractivity contribution in [1.82, 2.24) is 5.32 Å². The lowest BCUT2D eigenvalue weighted by atomic mass is 9.63. The van der Waals surface area contributed by atoms with Crippen molar-refractivity contribution in [2.75, 3.05) is 7.11 Å². The number of imide groups is 1. The van der Waals surface area contributed by atoms with E-state index in [0.29, 0.717) is 4.91 Å². The Kier molecular flexibility index (Phi) is 5.05. The summed E-state index contributed by atoms with van der Waals surface area (Å²) in [6.45, 7) is 9.27. The molecule has 0 radical (unpaired) electrons. The predicted molar refractivity (Wildman–Crippen MR) is 123 cm³/mol. The van der Waals surface area contributed by atoms with Crippen LogP contribution in [-0.4, -0.2) is 18.3 Å². The van der Waals surface area contributed by atoms with E-state index in [0.717, 1.165) is 40.6 Å². The molecule has 1 heterocycles. The van der Waals surface area contributed by atoms with Crippen molar-refractivity contribution in [1.29, 1.82) is 0 Å². The summed E-state index contributed by atoms with van der Waals surface area (Å²) in [5.74, 6) is 0.435. The molecule has 1 fully saturated rings. The number of carbonyl (C=O) groups excluding carboxylic acids is 2. The molecule has 0 spiro atoms. The number of ether oxygens (including phenoxy) is 1. The van der Waals surface area contributed by atoms with Crippen LogP contribution in [0.25, 0.3) is 17.2 Å². The number of fused-ring (bicyclic) bond motifs is 1. The zero-order valence-corrected chi connectivity index (χ0v) is 18.9. The topological polar surface area (TPSA) is 55.4 Å². The highest BCUT2D eigenvalue weighted by molar-refractivity contribution is 8.18. The maximum atomic E-state index is 11.9. The largest absolute Gasteiger partial charge is 0.496 e. The Bertz CT molecular complexity index is 1080. The van der Waals surface area contributed by atoms with Gasteiger partial charge in [-0.3, -0.25) is 14.9 Å². The third-order valence-corrected chi connectivity index (χ3v) is 7.14.